The van der Waals surface area contributed by atoms with Crippen molar-refractivity contribution in [2.75, 3.05) is 0 Å². The van der Waals surface area contributed by atoms with E-state index in [0.29, 0.717) is 5.92 Å². The van der Waals surface area contributed by atoms with E-state index in [-0.39, 0.29) is 23.1 Å². The maximum atomic E-state index is 12.3. The molecule has 4 heteroatoms. The van der Waals surface area contributed by atoms with Crippen molar-refractivity contribution in [3.05, 3.63) is 33.7 Å². The first-order valence-electron chi connectivity index (χ1n) is 7.55. The Morgan fingerprint density at radius 2 is 2.05 bits per heavy atom. The number of carbonyl (C=O) groups is 1. The molecule has 0 saturated heterocycles. The second kappa shape index (κ2) is 5.08. The van der Waals surface area contributed by atoms with Gasteiger partial charge in [0.25, 0.3) is 11.5 Å². The molecule has 1 heterocycles. The summed E-state index contributed by atoms with van der Waals surface area (Å²) in [4.78, 5) is 24.5. The van der Waals surface area contributed by atoms with Crippen LogP contribution in [-0.4, -0.2) is 16.5 Å². The van der Waals surface area contributed by atoms with Crippen LogP contribution in [0.5, 0.6) is 0 Å². The van der Waals surface area contributed by atoms with Gasteiger partial charge in [0.2, 0.25) is 0 Å². The van der Waals surface area contributed by atoms with E-state index in [1.807, 2.05) is 13.0 Å². The van der Waals surface area contributed by atoms with Crippen molar-refractivity contribution >= 4 is 5.91 Å². The third-order valence-corrected chi connectivity index (χ3v) is 5.20. The zero-order valence-corrected chi connectivity index (χ0v) is 12.2. The van der Waals surface area contributed by atoms with Crippen LogP contribution in [0.1, 0.15) is 48.2 Å². The molecular formula is C16H22N2O2. The molecule has 1 N–H and O–H groups in total. The van der Waals surface area contributed by atoms with Crippen LogP contribution in [0.15, 0.2) is 16.9 Å². The fourth-order valence-electron chi connectivity index (χ4n) is 3.89. The number of rotatable bonds is 2. The van der Waals surface area contributed by atoms with Crippen LogP contribution in [0.2, 0.25) is 0 Å². The van der Waals surface area contributed by atoms with E-state index in [2.05, 4.69) is 5.32 Å². The Balaban J connectivity index is 1.77. The smallest absolute Gasteiger partial charge is 0.263 e. The molecule has 2 fully saturated rings. The fourth-order valence-corrected chi connectivity index (χ4v) is 3.89. The highest BCUT2D eigenvalue weighted by atomic mass is 16.2. The van der Waals surface area contributed by atoms with Gasteiger partial charge < -0.3 is 9.88 Å². The van der Waals surface area contributed by atoms with Crippen molar-refractivity contribution in [1.82, 2.24) is 9.88 Å². The van der Waals surface area contributed by atoms with Gasteiger partial charge in [0, 0.05) is 18.8 Å². The summed E-state index contributed by atoms with van der Waals surface area (Å²) in [5.41, 5.74) is 0.922. The highest BCUT2D eigenvalue weighted by Crippen LogP contribution is 2.43. The number of carbonyl (C=O) groups excluding carboxylic acids is 1. The largest absolute Gasteiger partial charge is 0.349 e. The zero-order valence-electron chi connectivity index (χ0n) is 12.2. The van der Waals surface area contributed by atoms with E-state index in [1.54, 1.807) is 13.1 Å². The number of aryl methyl sites for hydroxylation is 1. The van der Waals surface area contributed by atoms with Gasteiger partial charge in [0.1, 0.15) is 5.56 Å². The molecule has 3 atom stereocenters. The topological polar surface area (TPSA) is 51.1 Å². The molecule has 1 aromatic heterocycles. The minimum atomic E-state index is -0.205. The lowest BCUT2D eigenvalue weighted by Gasteiger charge is -2.20. The number of amides is 1. The highest BCUT2D eigenvalue weighted by molar-refractivity contribution is 5.94. The Kier molecular flexibility index (Phi) is 3.40. The molecule has 108 valence electrons. The van der Waals surface area contributed by atoms with Crippen molar-refractivity contribution in [1.29, 1.82) is 0 Å². The van der Waals surface area contributed by atoms with Gasteiger partial charge in [-0.2, -0.15) is 0 Å². The fraction of sp³-hybridized carbons (Fsp3) is 0.625. The van der Waals surface area contributed by atoms with Gasteiger partial charge in [-0.25, -0.2) is 0 Å². The minimum Gasteiger partial charge on any atom is -0.349 e. The quantitative estimate of drug-likeness (QED) is 0.897. The second-order valence-corrected chi connectivity index (χ2v) is 6.26. The van der Waals surface area contributed by atoms with E-state index >= 15 is 0 Å². The number of fused-ring (bicyclic) bond motifs is 1. The predicted octanol–water partition coefficient (Wildman–Crippen LogP) is 2.00. The molecule has 0 aromatic carbocycles. The number of nitrogens with one attached hydrogen (secondary N) is 1. The average Bonchev–Trinajstić information content (AvgIpc) is 3.01. The van der Waals surface area contributed by atoms with Crippen molar-refractivity contribution in [2.24, 2.45) is 18.9 Å². The van der Waals surface area contributed by atoms with Gasteiger partial charge >= 0.3 is 0 Å². The van der Waals surface area contributed by atoms with E-state index < -0.39 is 0 Å². The molecule has 2 aliphatic carbocycles. The third kappa shape index (κ3) is 2.17. The Labute approximate surface area is 119 Å². The van der Waals surface area contributed by atoms with Gasteiger partial charge in [-0.15, -0.1) is 0 Å². The molecule has 0 bridgehead atoms. The summed E-state index contributed by atoms with van der Waals surface area (Å²) in [5.74, 6) is 1.22. The Morgan fingerprint density at radius 1 is 1.25 bits per heavy atom. The summed E-state index contributed by atoms with van der Waals surface area (Å²) < 4.78 is 1.53. The van der Waals surface area contributed by atoms with Crippen LogP contribution in [0.3, 0.4) is 0 Å². The number of nitrogens with zero attached hydrogens (tertiary/aromatic N) is 1. The number of hydrogen-bond acceptors (Lipinski definition) is 2. The average molecular weight is 274 g/mol. The van der Waals surface area contributed by atoms with Crippen LogP contribution < -0.4 is 10.9 Å². The molecule has 0 spiro atoms. The first-order valence-corrected chi connectivity index (χ1v) is 7.55. The van der Waals surface area contributed by atoms with E-state index in [1.165, 1.54) is 30.3 Å². The molecule has 0 unspecified atom stereocenters. The molecule has 0 radical (unpaired) electrons. The van der Waals surface area contributed by atoms with Crippen LogP contribution in [0.4, 0.5) is 0 Å². The molecule has 3 rings (SSSR count). The first-order chi connectivity index (χ1) is 9.58. The maximum absolute atomic E-state index is 12.3. The summed E-state index contributed by atoms with van der Waals surface area (Å²) in [6, 6.07) is 3.73. The lowest BCUT2D eigenvalue weighted by molar-refractivity contribution is 0.0924. The lowest BCUT2D eigenvalue weighted by atomic mass is 9.97. The summed E-state index contributed by atoms with van der Waals surface area (Å²) >= 11 is 0. The highest BCUT2D eigenvalue weighted by Gasteiger charge is 2.39. The number of hydrogen-bond donors (Lipinski definition) is 1. The van der Waals surface area contributed by atoms with Crippen molar-refractivity contribution in [3.8, 4) is 0 Å². The van der Waals surface area contributed by atoms with E-state index in [0.717, 1.165) is 18.0 Å². The molecule has 20 heavy (non-hydrogen) atoms. The Bertz CT molecular complexity index is 591. The molecule has 2 aliphatic rings. The van der Waals surface area contributed by atoms with Crippen LogP contribution in [0.25, 0.3) is 0 Å². The van der Waals surface area contributed by atoms with Crippen molar-refractivity contribution in [2.45, 2.75) is 45.1 Å². The van der Waals surface area contributed by atoms with E-state index in [4.69, 9.17) is 0 Å². The van der Waals surface area contributed by atoms with Crippen LogP contribution in [0, 0.1) is 18.8 Å². The number of pyridine rings is 1. The van der Waals surface area contributed by atoms with Crippen molar-refractivity contribution < 1.29 is 4.79 Å². The minimum absolute atomic E-state index is 0.205. The molecule has 2 saturated carbocycles. The number of aromatic nitrogens is 1. The van der Waals surface area contributed by atoms with Gasteiger partial charge in [0.05, 0.1) is 0 Å². The Hall–Kier alpha value is -1.58. The SMILES string of the molecule is Cc1ccc(C(=O)N[C@@H]2CC[C@H]3CCC[C@H]32)c(=O)n1C. The normalized spacial score (nSPS) is 28.4. The molecule has 4 nitrogen and oxygen atoms in total. The van der Waals surface area contributed by atoms with Gasteiger partial charge in [0.15, 0.2) is 0 Å². The predicted molar refractivity (Wildman–Crippen MR) is 77.7 cm³/mol. The maximum Gasteiger partial charge on any atom is 0.263 e. The zero-order chi connectivity index (χ0) is 14.3. The van der Waals surface area contributed by atoms with E-state index in [9.17, 15) is 9.59 Å². The summed E-state index contributed by atoms with van der Waals surface area (Å²) in [5, 5.41) is 3.10. The first kappa shape index (κ1) is 13.4. The molecule has 1 aromatic rings. The monoisotopic (exact) mass is 274 g/mol. The lowest BCUT2D eigenvalue weighted by Crippen LogP contribution is -2.40. The second-order valence-electron chi connectivity index (χ2n) is 6.26. The standard InChI is InChI=1S/C16H22N2O2/c1-10-6-8-13(16(20)18(10)2)15(19)17-14-9-7-11-4-3-5-12(11)14/h6,8,11-12,14H,3-5,7,9H2,1-2H3,(H,17,19)/t11-,12-,14-/m1/s1. The van der Waals surface area contributed by atoms with Crippen LogP contribution >= 0.6 is 0 Å². The summed E-state index contributed by atoms with van der Waals surface area (Å²) in [7, 11) is 1.71. The van der Waals surface area contributed by atoms with Gasteiger partial charge in [-0.05, 0) is 50.2 Å². The van der Waals surface area contributed by atoms with Gasteiger partial charge in [-0.3, -0.25) is 9.59 Å². The summed E-state index contributed by atoms with van der Waals surface area (Å²) in [6.45, 7) is 1.86. The van der Waals surface area contributed by atoms with Gasteiger partial charge in [-0.1, -0.05) is 12.8 Å². The van der Waals surface area contributed by atoms with Crippen molar-refractivity contribution in [3.63, 3.8) is 0 Å². The van der Waals surface area contributed by atoms with Crippen LogP contribution in [-0.2, 0) is 7.05 Å². The third-order valence-electron chi connectivity index (χ3n) is 5.20. The molecule has 1 amide bonds. The molecular weight excluding hydrogens is 252 g/mol. The summed E-state index contributed by atoms with van der Waals surface area (Å²) in [6.07, 6.45) is 6.10. The Morgan fingerprint density at radius 3 is 2.85 bits per heavy atom. The molecule has 0 aliphatic heterocycles.